The lowest BCUT2D eigenvalue weighted by Crippen LogP contribution is -2.38. The van der Waals surface area contributed by atoms with Gasteiger partial charge in [0.1, 0.15) is 5.82 Å². The van der Waals surface area contributed by atoms with Crippen molar-refractivity contribution in [2.24, 2.45) is 0 Å². The van der Waals surface area contributed by atoms with E-state index >= 15 is 0 Å². The van der Waals surface area contributed by atoms with Crippen molar-refractivity contribution in [3.8, 4) is 11.1 Å². The van der Waals surface area contributed by atoms with E-state index in [-0.39, 0.29) is 11.4 Å². The predicted octanol–water partition coefficient (Wildman–Crippen LogP) is 1.51. The van der Waals surface area contributed by atoms with E-state index in [0.717, 1.165) is 0 Å². The highest BCUT2D eigenvalue weighted by molar-refractivity contribution is 6.30. The molecule has 21 heavy (non-hydrogen) atoms. The molecule has 0 bridgehead atoms. The van der Waals surface area contributed by atoms with Crippen LogP contribution in [0, 0.1) is 0 Å². The standard InChI is InChI=1S/C14H15ClN4O2/c15-10-3-1-2-9(8-10)11-12(16)17-14(18-13(11)20)19-4-6-21-7-5-19/h1-3,8H,4-7H2,(H3,16,17,18,20). The zero-order chi connectivity index (χ0) is 14.8. The normalized spacial score (nSPS) is 15.2. The first-order valence-corrected chi connectivity index (χ1v) is 7.01. The summed E-state index contributed by atoms with van der Waals surface area (Å²) < 4.78 is 5.28. The molecule has 1 aromatic heterocycles. The lowest BCUT2D eigenvalue weighted by atomic mass is 10.1. The van der Waals surface area contributed by atoms with Gasteiger partial charge in [-0.25, -0.2) is 0 Å². The van der Waals surface area contributed by atoms with Crippen molar-refractivity contribution >= 4 is 23.4 Å². The summed E-state index contributed by atoms with van der Waals surface area (Å²) in [4.78, 5) is 21.4. The summed E-state index contributed by atoms with van der Waals surface area (Å²) in [6.45, 7) is 2.58. The Morgan fingerprint density at radius 2 is 2.10 bits per heavy atom. The smallest absolute Gasteiger partial charge is 0.262 e. The highest BCUT2D eigenvalue weighted by atomic mass is 35.5. The maximum absolute atomic E-state index is 12.3. The number of nitrogen functional groups attached to an aromatic ring is 1. The van der Waals surface area contributed by atoms with Gasteiger partial charge >= 0.3 is 0 Å². The molecule has 1 aliphatic rings. The maximum Gasteiger partial charge on any atom is 0.262 e. The van der Waals surface area contributed by atoms with Gasteiger partial charge in [-0.3, -0.25) is 9.78 Å². The number of H-pyrrole nitrogens is 1. The number of nitrogens with zero attached hydrogens (tertiary/aromatic N) is 2. The molecule has 1 saturated heterocycles. The molecule has 7 heteroatoms. The minimum atomic E-state index is -0.272. The van der Waals surface area contributed by atoms with Crippen LogP contribution < -0.4 is 16.2 Å². The summed E-state index contributed by atoms with van der Waals surface area (Å²) >= 11 is 5.96. The quantitative estimate of drug-likeness (QED) is 0.878. The van der Waals surface area contributed by atoms with Crippen LogP contribution in [0.15, 0.2) is 29.1 Å². The fraction of sp³-hybridized carbons (Fsp3) is 0.286. The maximum atomic E-state index is 12.3. The molecule has 3 N–H and O–H groups in total. The van der Waals surface area contributed by atoms with Crippen LogP contribution in [0.4, 0.5) is 11.8 Å². The Morgan fingerprint density at radius 1 is 1.33 bits per heavy atom. The van der Waals surface area contributed by atoms with Crippen molar-refractivity contribution in [1.29, 1.82) is 0 Å². The van der Waals surface area contributed by atoms with Crippen molar-refractivity contribution in [1.82, 2.24) is 9.97 Å². The second-order valence-electron chi connectivity index (χ2n) is 4.76. The van der Waals surface area contributed by atoms with E-state index in [1.807, 2.05) is 4.90 Å². The molecule has 0 unspecified atom stereocenters. The minimum absolute atomic E-state index is 0.197. The number of rotatable bonds is 2. The summed E-state index contributed by atoms with van der Waals surface area (Å²) in [5.74, 6) is 0.675. The van der Waals surface area contributed by atoms with Crippen LogP contribution in [0.5, 0.6) is 0 Å². The van der Waals surface area contributed by atoms with E-state index in [4.69, 9.17) is 22.1 Å². The molecule has 6 nitrogen and oxygen atoms in total. The summed E-state index contributed by atoms with van der Waals surface area (Å²) in [6.07, 6.45) is 0. The van der Waals surface area contributed by atoms with Gasteiger partial charge in [0.25, 0.3) is 5.56 Å². The van der Waals surface area contributed by atoms with Crippen molar-refractivity contribution in [2.45, 2.75) is 0 Å². The van der Waals surface area contributed by atoms with Crippen molar-refractivity contribution in [3.63, 3.8) is 0 Å². The molecule has 110 valence electrons. The van der Waals surface area contributed by atoms with Gasteiger partial charge in [-0.1, -0.05) is 23.7 Å². The number of morpholine rings is 1. The Kier molecular flexibility index (Phi) is 3.81. The molecule has 0 spiro atoms. The topological polar surface area (TPSA) is 84.2 Å². The SMILES string of the molecule is Nc1nc(N2CCOCC2)[nH]c(=O)c1-c1cccc(Cl)c1. The van der Waals surface area contributed by atoms with Gasteiger partial charge in [0.15, 0.2) is 0 Å². The van der Waals surface area contributed by atoms with Gasteiger partial charge in [-0.05, 0) is 17.7 Å². The molecule has 1 fully saturated rings. The molecule has 2 heterocycles. The molecule has 0 radical (unpaired) electrons. The predicted molar refractivity (Wildman–Crippen MR) is 82.7 cm³/mol. The average molecular weight is 307 g/mol. The molecule has 0 saturated carbocycles. The van der Waals surface area contributed by atoms with Gasteiger partial charge in [0.05, 0.1) is 18.8 Å². The molecule has 3 rings (SSSR count). The van der Waals surface area contributed by atoms with Crippen molar-refractivity contribution in [2.75, 3.05) is 36.9 Å². The van der Waals surface area contributed by atoms with E-state index in [9.17, 15) is 4.79 Å². The Balaban J connectivity index is 2.02. The van der Waals surface area contributed by atoms with Gasteiger partial charge in [-0.2, -0.15) is 4.98 Å². The fourth-order valence-electron chi connectivity index (χ4n) is 2.33. The zero-order valence-electron chi connectivity index (χ0n) is 11.3. The first-order valence-electron chi connectivity index (χ1n) is 6.63. The van der Waals surface area contributed by atoms with Gasteiger partial charge in [0, 0.05) is 18.1 Å². The van der Waals surface area contributed by atoms with Crippen LogP contribution in [0.3, 0.4) is 0 Å². The third-order valence-electron chi connectivity index (χ3n) is 3.36. The second kappa shape index (κ2) is 5.75. The Bertz CT molecular complexity index is 710. The van der Waals surface area contributed by atoms with Gasteiger partial charge in [0.2, 0.25) is 5.95 Å². The highest BCUT2D eigenvalue weighted by Gasteiger charge is 2.17. The Morgan fingerprint density at radius 3 is 2.76 bits per heavy atom. The number of halogens is 1. The summed E-state index contributed by atoms with van der Waals surface area (Å²) in [7, 11) is 0. The van der Waals surface area contributed by atoms with Crippen LogP contribution in [0.25, 0.3) is 11.1 Å². The van der Waals surface area contributed by atoms with E-state index in [1.165, 1.54) is 0 Å². The fourth-order valence-corrected chi connectivity index (χ4v) is 2.52. The van der Waals surface area contributed by atoms with Crippen LogP contribution in [-0.4, -0.2) is 36.3 Å². The number of anilines is 2. The van der Waals surface area contributed by atoms with Gasteiger partial charge < -0.3 is 15.4 Å². The number of nitrogens with two attached hydrogens (primary N) is 1. The average Bonchev–Trinajstić information content (AvgIpc) is 2.47. The molecule has 1 aliphatic heterocycles. The van der Waals surface area contributed by atoms with Crippen molar-refractivity contribution in [3.05, 3.63) is 39.6 Å². The Labute approximate surface area is 126 Å². The van der Waals surface area contributed by atoms with Crippen LogP contribution in [0.1, 0.15) is 0 Å². The molecular formula is C14H15ClN4O2. The monoisotopic (exact) mass is 306 g/mol. The second-order valence-corrected chi connectivity index (χ2v) is 5.20. The third kappa shape index (κ3) is 2.86. The highest BCUT2D eigenvalue weighted by Crippen LogP contribution is 2.24. The number of aromatic nitrogens is 2. The Hall–Kier alpha value is -2.05. The van der Waals surface area contributed by atoms with E-state index in [2.05, 4.69) is 9.97 Å². The summed E-state index contributed by atoms with van der Waals surface area (Å²) in [5, 5.41) is 0.545. The van der Waals surface area contributed by atoms with Gasteiger partial charge in [-0.15, -0.1) is 0 Å². The summed E-state index contributed by atoms with van der Waals surface area (Å²) in [6, 6.07) is 6.98. The number of nitrogens with one attached hydrogen (secondary N) is 1. The van der Waals surface area contributed by atoms with Crippen LogP contribution >= 0.6 is 11.6 Å². The first-order chi connectivity index (χ1) is 10.1. The molecule has 0 atom stereocenters. The number of hydrogen-bond donors (Lipinski definition) is 2. The molecule has 0 aliphatic carbocycles. The largest absolute Gasteiger partial charge is 0.383 e. The molecule has 1 aromatic carbocycles. The molecule has 0 amide bonds. The number of ether oxygens (including phenoxy) is 1. The van der Waals surface area contributed by atoms with E-state index < -0.39 is 0 Å². The lowest BCUT2D eigenvalue weighted by Gasteiger charge is -2.27. The zero-order valence-corrected chi connectivity index (χ0v) is 12.1. The number of hydrogen-bond acceptors (Lipinski definition) is 5. The minimum Gasteiger partial charge on any atom is -0.383 e. The first kappa shape index (κ1) is 13.9. The number of aromatic amines is 1. The van der Waals surface area contributed by atoms with E-state index in [0.29, 0.717) is 48.4 Å². The summed E-state index contributed by atoms with van der Waals surface area (Å²) in [5.41, 5.74) is 6.70. The molecule has 2 aromatic rings. The van der Waals surface area contributed by atoms with E-state index in [1.54, 1.807) is 24.3 Å². The van der Waals surface area contributed by atoms with Crippen LogP contribution in [-0.2, 0) is 4.74 Å². The third-order valence-corrected chi connectivity index (χ3v) is 3.59. The number of benzene rings is 1. The van der Waals surface area contributed by atoms with Crippen molar-refractivity contribution < 1.29 is 4.74 Å². The lowest BCUT2D eigenvalue weighted by molar-refractivity contribution is 0.122. The molecular weight excluding hydrogens is 292 g/mol. The van der Waals surface area contributed by atoms with Crippen LogP contribution in [0.2, 0.25) is 5.02 Å².